The number of aromatic nitrogens is 1. The van der Waals surface area contributed by atoms with E-state index >= 15 is 0 Å². The van der Waals surface area contributed by atoms with Crippen molar-refractivity contribution in [1.82, 2.24) is 4.57 Å². The maximum absolute atomic E-state index is 13.2. The zero-order valence-corrected chi connectivity index (χ0v) is 25.6. The van der Waals surface area contributed by atoms with Crippen LogP contribution < -0.4 is 10.5 Å². The Morgan fingerprint density at radius 2 is 1.43 bits per heavy atom. The first-order chi connectivity index (χ1) is 21.8. The number of carbonyl (C=O) groups excluding carboxylic acids is 1. The molecular formula is C28H25F6N3O8S2. The van der Waals surface area contributed by atoms with Crippen LogP contribution >= 0.6 is 11.3 Å². The topological polar surface area (TPSA) is 178 Å². The molecule has 0 saturated carbocycles. The number of aliphatic carboxylic acids is 2. The smallest absolute Gasteiger partial charge is 0.475 e. The highest BCUT2D eigenvalue weighted by atomic mass is 32.2. The van der Waals surface area contributed by atoms with Crippen LogP contribution in [0.15, 0.2) is 82.2 Å². The summed E-state index contributed by atoms with van der Waals surface area (Å²) in [7, 11) is -2.97. The molecule has 0 saturated heterocycles. The van der Waals surface area contributed by atoms with Gasteiger partial charge in [0.1, 0.15) is 4.90 Å². The number of hydrogen-bond acceptors (Lipinski definition) is 8. The average molecular weight is 710 g/mol. The lowest BCUT2D eigenvalue weighted by atomic mass is 10.0. The molecule has 1 aromatic heterocycles. The van der Waals surface area contributed by atoms with E-state index < -0.39 is 40.3 Å². The van der Waals surface area contributed by atoms with Gasteiger partial charge in [0.25, 0.3) is 10.0 Å². The Morgan fingerprint density at radius 3 is 1.98 bits per heavy atom. The molecule has 0 radical (unpaired) electrons. The second kappa shape index (κ2) is 16.2. The van der Waals surface area contributed by atoms with Crippen molar-refractivity contribution in [3.63, 3.8) is 0 Å². The van der Waals surface area contributed by atoms with E-state index in [9.17, 15) is 39.6 Å². The number of nitrogens with zero attached hydrogens (tertiary/aromatic N) is 2. The van der Waals surface area contributed by atoms with Gasteiger partial charge in [0.15, 0.2) is 0 Å². The first-order valence-corrected chi connectivity index (χ1v) is 15.0. The van der Waals surface area contributed by atoms with Crippen molar-refractivity contribution in [3.05, 3.63) is 93.7 Å². The van der Waals surface area contributed by atoms with E-state index in [1.807, 2.05) is 53.2 Å². The first kappa shape index (κ1) is 38.4. The molecule has 0 unspecified atom stereocenters. The number of thiazole rings is 1. The molecule has 0 atom stereocenters. The number of esters is 1. The monoisotopic (exact) mass is 709 g/mol. The third-order valence-corrected chi connectivity index (χ3v) is 8.15. The molecule has 0 amide bonds. The van der Waals surface area contributed by atoms with Crippen LogP contribution in [0.1, 0.15) is 20.8 Å². The van der Waals surface area contributed by atoms with Crippen molar-refractivity contribution in [2.45, 2.75) is 30.2 Å². The molecule has 11 nitrogen and oxygen atoms in total. The number of halogens is 6. The fraction of sp³-hybridized carbons (Fsp3) is 0.214. The number of carboxylic acid groups (broad SMARTS) is 2. The van der Waals surface area contributed by atoms with E-state index in [1.165, 1.54) is 30.6 Å². The number of carboxylic acids is 2. The van der Waals surface area contributed by atoms with Crippen LogP contribution in [0.5, 0.6) is 0 Å². The maximum atomic E-state index is 13.2. The van der Waals surface area contributed by atoms with Gasteiger partial charge in [-0.25, -0.2) is 14.4 Å². The van der Waals surface area contributed by atoms with Crippen molar-refractivity contribution in [3.8, 4) is 0 Å². The number of methoxy groups -OCH3 is 1. The van der Waals surface area contributed by atoms with E-state index in [0.717, 1.165) is 21.2 Å². The summed E-state index contributed by atoms with van der Waals surface area (Å²) in [5, 5.41) is 16.4. The summed E-state index contributed by atoms with van der Waals surface area (Å²) < 4.78 is 101. The predicted octanol–water partition coefficient (Wildman–Crippen LogP) is 4.60. The van der Waals surface area contributed by atoms with Gasteiger partial charge in [-0.3, -0.25) is 0 Å². The number of benzene rings is 3. The fourth-order valence-corrected chi connectivity index (χ4v) is 6.01. The van der Waals surface area contributed by atoms with Gasteiger partial charge in [-0.15, -0.1) is 15.7 Å². The lowest BCUT2D eigenvalue weighted by molar-refractivity contribution is -0.193. The van der Waals surface area contributed by atoms with Crippen LogP contribution in [0.3, 0.4) is 0 Å². The van der Waals surface area contributed by atoms with E-state index in [2.05, 4.69) is 4.40 Å². The minimum absolute atomic E-state index is 0.0527. The molecule has 4 N–H and O–H groups in total. The first-order valence-electron chi connectivity index (χ1n) is 12.8. The zero-order chi connectivity index (χ0) is 35.6. The summed E-state index contributed by atoms with van der Waals surface area (Å²) >= 11 is 1.27. The molecule has 254 valence electrons. The molecule has 0 bridgehead atoms. The summed E-state index contributed by atoms with van der Waals surface area (Å²) in [6.45, 7) is 0.877. The van der Waals surface area contributed by atoms with Gasteiger partial charge >= 0.3 is 30.3 Å². The zero-order valence-electron chi connectivity index (χ0n) is 23.9. The lowest BCUT2D eigenvalue weighted by Gasteiger charge is -2.08. The summed E-state index contributed by atoms with van der Waals surface area (Å²) in [6.07, 6.45) is -7.67. The highest BCUT2D eigenvalue weighted by Crippen LogP contribution is 2.22. The Kier molecular flexibility index (Phi) is 13.2. The fourth-order valence-electron chi connectivity index (χ4n) is 3.61. The molecule has 47 heavy (non-hydrogen) atoms. The standard InChI is InChI=1S/C24H23N3O4S2.2C2HF3O2/c1-31-23(28)21-11-4-5-12-22(21)33(29,30)26-24-27(16-19(32-24)13-14-25)15-18-9-6-8-17-7-2-3-10-20(17)18;2*3-2(4,5)1(6)7/h2-12,16H,13-15,25H2,1H3;2*(H,6,7). The van der Waals surface area contributed by atoms with E-state index in [4.69, 9.17) is 30.3 Å². The van der Waals surface area contributed by atoms with Gasteiger partial charge < -0.3 is 25.3 Å². The van der Waals surface area contributed by atoms with Crippen LogP contribution in [-0.4, -0.2) is 67.1 Å². The van der Waals surface area contributed by atoms with Crippen LogP contribution in [0.4, 0.5) is 26.3 Å². The van der Waals surface area contributed by atoms with Crippen molar-refractivity contribution in [2.24, 2.45) is 10.1 Å². The number of nitrogens with two attached hydrogens (primary N) is 1. The Labute approximate surface area is 266 Å². The molecule has 1 heterocycles. The van der Waals surface area contributed by atoms with Gasteiger partial charge in [0, 0.05) is 11.1 Å². The highest BCUT2D eigenvalue weighted by Gasteiger charge is 2.38. The summed E-state index contributed by atoms with van der Waals surface area (Å²) in [5.41, 5.74) is 6.72. The Balaban J connectivity index is 0.000000459. The molecular weight excluding hydrogens is 684 g/mol. The molecule has 0 fully saturated rings. The van der Waals surface area contributed by atoms with E-state index in [0.29, 0.717) is 24.3 Å². The molecule has 0 aliphatic rings. The molecule has 0 aliphatic heterocycles. The number of sulfonamides is 1. The molecule has 19 heteroatoms. The maximum Gasteiger partial charge on any atom is 0.490 e. The summed E-state index contributed by atoms with van der Waals surface area (Å²) in [5.74, 6) is -6.25. The molecule has 0 aliphatic carbocycles. The van der Waals surface area contributed by atoms with Gasteiger partial charge in [-0.2, -0.15) is 34.8 Å². The average Bonchev–Trinajstić information content (AvgIpc) is 3.36. The minimum atomic E-state index is -5.08. The quantitative estimate of drug-likeness (QED) is 0.183. The van der Waals surface area contributed by atoms with E-state index in [-0.39, 0.29) is 10.5 Å². The van der Waals surface area contributed by atoms with Gasteiger partial charge in [-0.05, 0) is 41.4 Å². The summed E-state index contributed by atoms with van der Waals surface area (Å²) in [6, 6.07) is 20.0. The normalized spacial score (nSPS) is 12.0. The van der Waals surface area contributed by atoms with E-state index in [1.54, 1.807) is 12.1 Å². The Bertz CT molecular complexity index is 1870. The van der Waals surface area contributed by atoms with Gasteiger partial charge in [0.2, 0.25) is 4.80 Å². The molecule has 3 aromatic carbocycles. The molecule has 0 spiro atoms. The van der Waals surface area contributed by atoms with Crippen LogP contribution in [0, 0.1) is 0 Å². The number of rotatable bonds is 7. The second-order valence-electron chi connectivity index (χ2n) is 8.94. The third-order valence-electron chi connectivity index (χ3n) is 5.63. The number of hydrogen-bond donors (Lipinski definition) is 3. The summed E-state index contributed by atoms with van der Waals surface area (Å²) in [4.78, 5) is 30.9. The van der Waals surface area contributed by atoms with Crippen LogP contribution in [0.25, 0.3) is 10.8 Å². The van der Waals surface area contributed by atoms with Crippen molar-refractivity contribution >= 4 is 50.0 Å². The molecule has 4 aromatic rings. The number of fused-ring (bicyclic) bond motifs is 1. The van der Waals surface area contributed by atoms with Gasteiger partial charge in [0.05, 0.1) is 19.2 Å². The SMILES string of the molecule is COC(=O)c1ccccc1S(=O)(=O)N=c1sc(CCN)cn1Cc1cccc2ccccc12.O=C(O)C(F)(F)F.O=C(O)C(F)(F)F. The van der Waals surface area contributed by atoms with Crippen LogP contribution in [0.2, 0.25) is 0 Å². The molecule has 4 rings (SSSR count). The third kappa shape index (κ3) is 11.2. The van der Waals surface area contributed by atoms with Crippen molar-refractivity contribution in [1.29, 1.82) is 0 Å². The van der Waals surface area contributed by atoms with Crippen molar-refractivity contribution in [2.75, 3.05) is 13.7 Å². The number of carbonyl (C=O) groups is 3. The second-order valence-corrected chi connectivity index (χ2v) is 11.6. The lowest BCUT2D eigenvalue weighted by Crippen LogP contribution is -2.21. The highest BCUT2D eigenvalue weighted by molar-refractivity contribution is 7.90. The number of ether oxygens (including phenoxy) is 1. The Morgan fingerprint density at radius 1 is 0.894 bits per heavy atom. The Hall–Kier alpha value is -4.75. The largest absolute Gasteiger partial charge is 0.490 e. The number of alkyl halides is 6. The van der Waals surface area contributed by atoms with Crippen molar-refractivity contribution < 1.29 is 64.1 Å². The minimum Gasteiger partial charge on any atom is -0.475 e. The van der Waals surface area contributed by atoms with Gasteiger partial charge in [-0.1, -0.05) is 54.6 Å². The van der Waals surface area contributed by atoms with Crippen LogP contribution in [-0.2, 0) is 37.3 Å². The predicted molar refractivity (Wildman–Crippen MR) is 156 cm³/mol.